The minimum atomic E-state index is -0.960. The van der Waals surface area contributed by atoms with E-state index in [4.69, 9.17) is 0 Å². The van der Waals surface area contributed by atoms with Gasteiger partial charge in [-0.15, -0.1) is 0 Å². The van der Waals surface area contributed by atoms with Gasteiger partial charge in [-0.25, -0.2) is 14.4 Å². The molecule has 22 aromatic rings. The first-order valence-electron chi connectivity index (χ1n) is 45.6. The van der Waals surface area contributed by atoms with Gasteiger partial charge in [0, 0.05) is 0 Å². The van der Waals surface area contributed by atoms with Gasteiger partial charge < -0.3 is 15.3 Å². The first-order chi connectivity index (χ1) is 59.8. The van der Waals surface area contributed by atoms with Gasteiger partial charge in [0.15, 0.2) is 0 Å². The Morgan fingerprint density at radius 2 is 0.358 bits per heavy atom. The standard InChI is InChI=1S/C117H102O6/c1-61(2)13-10-16-64(7)19-22-67-25-31-70(32-26-67)91-85-55-49-79-83-53-59-89-95(74-39-45-77(46-40-74)116(120)121)93(72-35-29-69(30-36-72)24-21-66(9)18-12-15-63(5)6)87-57-51-81-84-54-60-90-96(75-41-47-78(48-42-75)117(122)123)92(71-33-27-68(28-34-71)23-20-65(8)17-11-14-62(3)4)86-56-50-80-82-52-58-88(94(91)73-37-43-76(44-38-73)115(118)119)106-100(82)112-109(97(79)103(85)106)113-101(83)107(89)105(87)99(81)111(113)114-102(84)108(90)104(86)98(80)110(112)114/h25-66H,10-24H2,1-9H3,(H,118,119)(H,120,121)(H,122,123). The van der Waals surface area contributed by atoms with E-state index >= 15 is 0 Å². The highest BCUT2D eigenvalue weighted by molar-refractivity contribution is 6.65. The smallest absolute Gasteiger partial charge is 0.335 e. The lowest BCUT2D eigenvalue weighted by Crippen LogP contribution is -2.04. The molecule has 0 spiro atoms. The number of benzene rings is 22. The molecule has 0 saturated carbocycles. The minimum Gasteiger partial charge on any atom is -0.478 e. The number of hydrogen-bond acceptors (Lipinski definition) is 3. The molecule has 606 valence electrons. The molecular formula is C117H102O6. The van der Waals surface area contributed by atoms with Crippen molar-refractivity contribution < 1.29 is 29.7 Å². The van der Waals surface area contributed by atoms with Gasteiger partial charge in [0.05, 0.1) is 16.7 Å². The van der Waals surface area contributed by atoms with Gasteiger partial charge in [0.1, 0.15) is 0 Å². The summed E-state index contributed by atoms with van der Waals surface area (Å²) in [5.41, 5.74) is 17.5. The van der Waals surface area contributed by atoms with Gasteiger partial charge in [0.25, 0.3) is 0 Å². The molecule has 3 N–H and O–H groups in total. The molecule has 22 aromatic carbocycles. The van der Waals surface area contributed by atoms with Crippen LogP contribution in [0.1, 0.15) is 187 Å². The van der Waals surface area contributed by atoms with E-state index in [0.29, 0.717) is 35.5 Å². The van der Waals surface area contributed by atoms with Gasteiger partial charge in [0.2, 0.25) is 0 Å². The van der Waals surface area contributed by atoms with Crippen molar-refractivity contribution in [3.63, 3.8) is 0 Å². The molecule has 0 radical (unpaired) electrons. The highest BCUT2D eigenvalue weighted by Crippen LogP contribution is 2.66. The molecule has 6 nitrogen and oxygen atoms in total. The van der Waals surface area contributed by atoms with Crippen molar-refractivity contribution in [1.82, 2.24) is 0 Å². The van der Waals surface area contributed by atoms with Crippen LogP contribution in [0, 0.1) is 35.5 Å². The highest BCUT2D eigenvalue weighted by Gasteiger charge is 2.38. The Hall–Kier alpha value is -12.5. The van der Waals surface area contributed by atoms with Crippen LogP contribution in [0.15, 0.2) is 218 Å². The predicted molar refractivity (Wildman–Crippen MR) is 522 cm³/mol. The van der Waals surface area contributed by atoms with E-state index < -0.39 is 17.9 Å². The summed E-state index contributed by atoms with van der Waals surface area (Å²) in [5.74, 6) is 1.08. The molecule has 6 heteroatoms. The molecule has 22 rings (SSSR count). The van der Waals surface area contributed by atoms with Crippen LogP contribution in [0.5, 0.6) is 0 Å². The van der Waals surface area contributed by atoms with Crippen LogP contribution in [0.3, 0.4) is 0 Å². The van der Waals surface area contributed by atoms with E-state index in [1.165, 1.54) is 204 Å². The number of aryl methyl sites for hydroxylation is 3. The van der Waals surface area contributed by atoms with Gasteiger partial charge in [-0.2, -0.15) is 0 Å². The minimum absolute atomic E-state index is 0.242. The number of hydrogen-bond donors (Lipinski definition) is 3. The predicted octanol–water partition coefficient (Wildman–Crippen LogP) is 33.2. The third kappa shape index (κ3) is 11.9. The lowest BCUT2D eigenvalue weighted by molar-refractivity contribution is 0.0686. The zero-order valence-electron chi connectivity index (χ0n) is 71.9. The summed E-state index contributed by atoms with van der Waals surface area (Å²) in [6.45, 7) is 21.2. The maximum Gasteiger partial charge on any atom is 0.335 e. The molecule has 0 fully saturated rings. The summed E-state index contributed by atoms with van der Waals surface area (Å²) < 4.78 is 0. The third-order valence-corrected chi connectivity index (χ3v) is 29.4. The normalized spacial score (nSPS) is 13.6. The van der Waals surface area contributed by atoms with Crippen LogP contribution in [0.4, 0.5) is 0 Å². The van der Waals surface area contributed by atoms with Gasteiger partial charge in [-0.3, -0.25) is 0 Å². The zero-order valence-corrected chi connectivity index (χ0v) is 71.9. The van der Waals surface area contributed by atoms with E-state index in [2.05, 4.69) is 208 Å². The van der Waals surface area contributed by atoms with Gasteiger partial charge in [-0.05, 0) is 355 Å². The number of fused-ring (bicyclic) bond motifs is 3. The van der Waals surface area contributed by atoms with E-state index in [1.807, 2.05) is 36.4 Å². The lowest BCUT2D eigenvalue weighted by atomic mass is 9.69. The summed E-state index contributed by atoms with van der Waals surface area (Å²) in [6.07, 6.45) is 17.6. The first kappa shape index (κ1) is 76.6. The SMILES string of the molecule is CC(C)CCCC(C)CCc1ccc(-c2c(-c3ccc(C(=O)O)cc3)c3ccc4c5ccc6c(-c7ccc(CCC(C)CCCC(C)C)cc7)c(-c7ccc(C(=O)O)cc7)c7ccc8c9ccc%10c(-c%11ccc(CCC(C)CCCC(C)C)cc%11)c(-c%11ccc(C(=O)O)cc%11)c%11ccc%12c%13ccc2c2c3c4c3c(c%132)c2c%12c%11c%10c9c2c2c8c7c6c5c32)cc1. The Bertz CT molecular complexity index is 7050. The fourth-order valence-corrected chi connectivity index (χ4v) is 23.3. The highest BCUT2D eigenvalue weighted by atomic mass is 16.4. The summed E-state index contributed by atoms with van der Waals surface area (Å²) in [5, 5.41) is 68.0. The molecule has 0 bridgehead atoms. The third-order valence-electron chi connectivity index (χ3n) is 29.4. The first-order valence-corrected chi connectivity index (χ1v) is 45.6. The molecular weight excluding hydrogens is 1500 g/mol. The topological polar surface area (TPSA) is 112 Å². The van der Waals surface area contributed by atoms with Crippen LogP contribution in [-0.2, 0) is 19.3 Å². The van der Waals surface area contributed by atoms with Crippen molar-refractivity contribution in [3.05, 3.63) is 252 Å². The fourth-order valence-electron chi connectivity index (χ4n) is 23.3. The summed E-state index contributed by atoms with van der Waals surface area (Å²) >= 11 is 0. The van der Waals surface area contributed by atoms with Crippen molar-refractivity contribution in [2.45, 2.75) is 159 Å². The van der Waals surface area contributed by atoms with Crippen LogP contribution in [0.25, 0.3) is 228 Å². The fraction of sp³-hybridized carbons (Fsp3) is 0.256. The molecule has 0 aromatic heterocycles. The Kier molecular flexibility index (Phi) is 18.3. The zero-order chi connectivity index (χ0) is 84.0. The van der Waals surface area contributed by atoms with Crippen molar-refractivity contribution in [3.8, 4) is 66.8 Å². The second-order valence-corrected chi connectivity index (χ2v) is 38.6. The monoisotopic (exact) mass is 1600 g/mol. The molecule has 3 atom stereocenters. The summed E-state index contributed by atoms with van der Waals surface area (Å²) in [6, 6.07) is 80.4. The molecule has 123 heavy (non-hydrogen) atoms. The quantitative estimate of drug-likeness (QED) is 0.0305. The molecule has 3 unspecified atom stereocenters. The molecule has 0 aliphatic heterocycles. The number of carboxylic acid groups (broad SMARTS) is 3. The Labute approximate surface area is 717 Å². The Morgan fingerprint density at radius 1 is 0.195 bits per heavy atom. The van der Waals surface area contributed by atoms with Gasteiger partial charge >= 0.3 is 17.9 Å². The largest absolute Gasteiger partial charge is 0.478 e. The number of carbonyl (C=O) groups is 3. The maximum absolute atomic E-state index is 12.9. The van der Waals surface area contributed by atoms with E-state index in [0.717, 1.165) is 138 Å². The van der Waals surface area contributed by atoms with Crippen molar-refractivity contribution in [2.75, 3.05) is 0 Å². The number of carboxylic acids is 3. The van der Waals surface area contributed by atoms with Crippen LogP contribution >= 0.6 is 0 Å². The van der Waals surface area contributed by atoms with E-state index in [-0.39, 0.29) is 16.7 Å². The van der Waals surface area contributed by atoms with Crippen LogP contribution in [-0.4, -0.2) is 33.2 Å². The molecule has 0 heterocycles. The summed E-state index contributed by atoms with van der Waals surface area (Å²) in [7, 11) is 0. The van der Waals surface area contributed by atoms with Crippen molar-refractivity contribution in [1.29, 1.82) is 0 Å². The average Bonchev–Trinajstić information content (AvgIpc) is 0.630. The average molecular weight is 1600 g/mol. The second-order valence-electron chi connectivity index (χ2n) is 38.6. The second kappa shape index (κ2) is 29.4. The van der Waals surface area contributed by atoms with E-state index in [9.17, 15) is 29.7 Å². The lowest BCUT2D eigenvalue weighted by Gasteiger charge is -2.33. The molecule has 0 aliphatic rings. The summed E-state index contributed by atoms with van der Waals surface area (Å²) in [4.78, 5) is 38.8. The molecule has 0 aliphatic carbocycles. The number of aromatic carboxylic acids is 3. The van der Waals surface area contributed by atoms with Crippen molar-refractivity contribution >= 4 is 179 Å². The Morgan fingerprint density at radius 3 is 0.528 bits per heavy atom. The maximum atomic E-state index is 12.9. The molecule has 0 saturated heterocycles. The van der Waals surface area contributed by atoms with Gasteiger partial charge in [-0.1, -0.05) is 302 Å². The Balaban J connectivity index is 0.891. The van der Waals surface area contributed by atoms with Crippen LogP contribution in [0.2, 0.25) is 0 Å². The molecule has 0 amide bonds. The van der Waals surface area contributed by atoms with E-state index in [1.54, 1.807) is 36.4 Å². The van der Waals surface area contributed by atoms with Crippen molar-refractivity contribution in [2.24, 2.45) is 35.5 Å². The van der Waals surface area contributed by atoms with Crippen LogP contribution < -0.4 is 0 Å². The number of rotatable bonds is 30.